The normalized spacial score (nSPS) is 24.2. The van der Waals surface area contributed by atoms with Gasteiger partial charge in [-0.05, 0) is 24.6 Å². The van der Waals surface area contributed by atoms with Gasteiger partial charge in [0, 0.05) is 0 Å². The molecule has 4 nitrogen and oxygen atoms in total. The molecule has 2 unspecified atom stereocenters. The molecule has 84 valence electrons. The number of aromatic hydroxyl groups is 1. The van der Waals surface area contributed by atoms with Gasteiger partial charge >= 0.3 is 5.97 Å². The molecule has 2 rings (SSSR count). The predicted molar refractivity (Wildman–Crippen MR) is 55.7 cm³/mol. The van der Waals surface area contributed by atoms with Crippen LogP contribution in [0, 0.1) is 5.92 Å². The molecule has 0 spiro atoms. The Labute approximate surface area is 92.8 Å². The summed E-state index contributed by atoms with van der Waals surface area (Å²) >= 11 is 0. The zero-order chi connectivity index (χ0) is 11.7. The Morgan fingerprint density at radius 1 is 1.38 bits per heavy atom. The Balaban J connectivity index is 2.28. The largest absolute Gasteiger partial charge is 0.508 e. The second-order valence-corrected chi connectivity index (χ2v) is 3.92. The lowest BCUT2D eigenvalue weighted by molar-refractivity contribution is -0.141. The number of hydrogen-bond acceptors (Lipinski definition) is 4. The van der Waals surface area contributed by atoms with Crippen molar-refractivity contribution in [3.05, 3.63) is 29.8 Å². The van der Waals surface area contributed by atoms with Crippen molar-refractivity contribution in [1.82, 2.24) is 0 Å². The van der Waals surface area contributed by atoms with E-state index in [-0.39, 0.29) is 23.9 Å². The van der Waals surface area contributed by atoms with E-state index in [0.29, 0.717) is 0 Å². The minimum atomic E-state index is -0.509. The topological polar surface area (TPSA) is 63.6 Å². The Kier molecular flexibility index (Phi) is 2.64. The van der Waals surface area contributed by atoms with Crippen LogP contribution < -0.4 is 0 Å². The molecule has 0 saturated carbocycles. The summed E-state index contributed by atoms with van der Waals surface area (Å²) in [6.07, 6.45) is -0.369. The number of carbonyl (C=O) groups is 2. The molecule has 4 heteroatoms. The molecular weight excluding hydrogens is 208 g/mol. The zero-order valence-corrected chi connectivity index (χ0v) is 8.84. The molecule has 1 heterocycles. The Hall–Kier alpha value is -1.84. The van der Waals surface area contributed by atoms with E-state index in [9.17, 15) is 9.59 Å². The van der Waals surface area contributed by atoms with Gasteiger partial charge in [0.05, 0.1) is 12.3 Å². The van der Waals surface area contributed by atoms with Crippen molar-refractivity contribution >= 4 is 11.8 Å². The summed E-state index contributed by atoms with van der Waals surface area (Å²) in [5, 5.41) is 9.15. The number of rotatable bonds is 2. The number of phenolic OH excluding ortho intramolecular Hbond substituents is 1. The highest BCUT2D eigenvalue weighted by Crippen LogP contribution is 2.36. The van der Waals surface area contributed by atoms with E-state index in [4.69, 9.17) is 9.84 Å². The number of ketones is 1. The van der Waals surface area contributed by atoms with Crippen LogP contribution in [-0.4, -0.2) is 16.9 Å². The van der Waals surface area contributed by atoms with Crippen molar-refractivity contribution in [2.75, 3.05) is 0 Å². The van der Waals surface area contributed by atoms with Gasteiger partial charge in [-0.2, -0.15) is 0 Å². The summed E-state index contributed by atoms with van der Waals surface area (Å²) in [6, 6.07) is 6.35. The number of cyclic esters (lactones) is 1. The first kappa shape index (κ1) is 10.7. The third-order valence-corrected chi connectivity index (χ3v) is 2.75. The molecule has 1 saturated heterocycles. The third-order valence-electron chi connectivity index (χ3n) is 2.75. The van der Waals surface area contributed by atoms with Gasteiger partial charge in [-0.25, -0.2) is 0 Å². The fourth-order valence-corrected chi connectivity index (χ4v) is 1.88. The molecule has 2 atom stereocenters. The van der Waals surface area contributed by atoms with Gasteiger partial charge in [0.1, 0.15) is 17.6 Å². The molecule has 0 radical (unpaired) electrons. The van der Waals surface area contributed by atoms with Crippen LogP contribution in [0.15, 0.2) is 24.3 Å². The summed E-state index contributed by atoms with van der Waals surface area (Å²) in [6.45, 7) is 1.46. The van der Waals surface area contributed by atoms with Crippen LogP contribution in [0.1, 0.15) is 25.0 Å². The van der Waals surface area contributed by atoms with Crippen LogP contribution in [0.4, 0.5) is 0 Å². The maximum atomic E-state index is 11.4. The van der Waals surface area contributed by atoms with Crippen LogP contribution in [-0.2, 0) is 14.3 Å². The number of hydrogen-bond donors (Lipinski definition) is 1. The summed E-state index contributed by atoms with van der Waals surface area (Å²) in [5.41, 5.74) is 0.740. The molecule has 1 aromatic carbocycles. The first-order valence-corrected chi connectivity index (χ1v) is 5.07. The SMILES string of the molecule is CC(=O)C1CC(=O)OC1c1ccc(O)cc1. The molecular formula is C12H12O4. The van der Waals surface area contributed by atoms with Crippen LogP contribution >= 0.6 is 0 Å². The first-order valence-electron chi connectivity index (χ1n) is 5.07. The van der Waals surface area contributed by atoms with Gasteiger partial charge < -0.3 is 9.84 Å². The molecule has 0 bridgehead atoms. The number of phenols is 1. The van der Waals surface area contributed by atoms with Crippen LogP contribution in [0.3, 0.4) is 0 Å². The van der Waals surface area contributed by atoms with E-state index in [1.165, 1.54) is 19.1 Å². The average molecular weight is 220 g/mol. The van der Waals surface area contributed by atoms with E-state index >= 15 is 0 Å². The first-order chi connectivity index (χ1) is 7.58. The van der Waals surface area contributed by atoms with Gasteiger partial charge in [0.2, 0.25) is 0 Å². The van der Waals surface area contributed by atoms with Crippen molar-refractivity contribution in [2.24, 2.45) is 5.92 Å². The summed E-state index contributed by atoms with van der Waals surface area (Å²) < 4.78 is 5.12. The van der Waals surface area contributed by atoms with Gasteiger partial charge in [-0.3, -0.25) is 9.59 Å². The molecule has 0 aromatic heterocycles. The minimum absolute atomic E-state index is 0.0519. The second kappa shape index (κ2) is 3.96. The van der Waals surface area contributed by atoms with Crippen molar-refractivity contribution in [3.63, 3.8) is 0 Å². The number of esters is 1. The maximum Gasteiger partial charge on any atom is 0.307 e. The molecule has 16 heavy (non-hydrogen) atoms. The Bertz CT molecular complexity index is 421. The molecule has 0 amide bonds. The van der Waals surface area contributed by atoms with E-state index in [1.54, 1.807) is 12.1 Å². The highest BCUT2D eigenvalue weighted by atomic mass is 16.6. The fourth-order valence-electron chi connectivity index (χ4n) is 1.88. The molecule has 1 N–H and O–H groups in total. The van der Waals surface area contributed by atoms with E-state index < -0.39 is 12.0 Å². The average Bonchev–Trinajstić information content (AvgIpc) is 2.61. The molecule has 0 aliphatic carbocycles. The summed E-state index contributed by atoms with van der Waals surface area (Å²) in [5.74, 6) is -0.660. The third kappa shape index (κ3) is 1.91. The highest BCUT2D eigenvalue weighted by molar-refractivity contribution is 5.86. The van der Waals surface area contributed by atoms with E-state index in [0.717, 1.165) is 5.56 Å². The lowest BCUT2D eigenvalue weighted by Crippen LogP contribution is -2.15. The maximum absolute atomic E-state index is 11.4. The Morgan fingerprint density at radius 2 is 2.00 bits per heavy atom. The molecule has 1 aliphatic heterocycles. The van der Waals surface area contributed by atoms with Crippen molar-refractivity contribution < 1.29 is 19.4 Å². The van der Waals surface area contributed by atoms with E-state index in [2.05, 4.69) is 0 Å². The molecule has 1 aliphatic rings. The predicted octanol–water partition coefficient (Wildman–Crippen LogP) is 1.59. The second-order valence-electron chi connectivity index (χ2n) is 3.92. The number of carbonyl (C=O) groups excluding carboxylic acids is 2. The quantitative estimate of drug-likeness (QED) is 0.768. The van der Waals surface area contributed by atoms with Crippen molar-refractivity contribution in [2.45, 2.75) is 19.4 Å². The number of ether oxygens (including phenoxy) is 1. The van der Waals surface area contributed by atoms with Crippen molar-refractivity contribution in [1.29, 1.82) is 0 Å². The van der Waals surface area contributed by atoms with Gasteiger partial charge in [0.15, 0.2) is 0 Å². The standard InChI is InChI=1S/C12H12O4/c1-7(13)10-6-11(15)16-12(10)8-2-4-9(14)5-3-8/h2-5,10,12,14H,6H2,1H3. The summed E-state index contributed by atoms with van der Waals surface area (Å²) in [4.78, 5) is 22.5. The lowest BCUT2D eigenvalue weighted by Gasteiger charge is -2.15. The highest BCUT2D eigenvalue weighted by Gasteiger charge is 2.38. The van der Waals surface area contributed by atoms with Gasteiger partial charge in [-0.15, -0.1) is 0 Å². The lowest BCUT2D eigenvalue weighted by atomic mass is 9.92. The zero-order valence-electron chi connectivity index (χ0n) is 8.84. The number of benzene rings is 1. The number of Topliss-reactive ketones (excluding diaryl/α,β-unsaturated/α-hetero) is 1. The van der Waals surface area contributed by atoms with Gasteiger partial charge in [0.25, 0.3) is 0 Å². The summed E-state index contributed by atoms with van der Waals surface area (Å²) in [7, 11) is 0. The van der Waals surface area contributed by atoms with E-state index in [1.807, 2.05) is 0 Å². The van der Waals surface area contributed by atoms with Crippen LogP contribution in [0.2, 0.25) is 0 Å². The fraction of sp³-hybridized carbons (Fsp3) is 0.333. The molecule has 1 fully saturated rings. The smallest absolute Gasteiger partial charge is 0.307 e. The van der Waals surface area contributed by atoms with Crippen LogP contribution in [0.5, 0.6) is 5.75 Å². The van der Waals surface area contributed by atoms with Crippen LogP contribution in [0.25, 0.3) is 0 Å². The Morgan fingerprint density at radius 3 is 2.56 bits per heavy atom. The van der Waals surface area contributed by atoms with Gasteiger partial charge in [-0.1, -0.05) is 12.1 Å². The minimum Gasteiger partial charge on any atom is -0.508 e. The molecule has 1 aromatic rings. The van der Waals surface area contributed by atoms with Crippen molar-refractivity contribution in [3.8, 4) is 5.75 Å². The monoisotopic (exact) mass is 220 g/mol.